The van der Waals surface area contributed by atoms with Crippen LogP contribution in [-0.4, -0.2) is 20.4 Å². The number of hydrogen-bond donors (Lipinski definition) is 2. The third kappa shape index (κ3) is 4.99. The summed E-state index contributed by atoms with van der Waals surface area (Å²) in [7, 11) is -3.94. The minimum absolute atomic E-state index is 0.155. The molecule has 0 spiro atoms. The maximum absolute atomic E-state index is 14.3. The lowest BCUT2D eigenvalue weighted by Crippen LogP contribution is -2.43. The first-order valence-corrected chi connectivity index (χ1v) is 11.5. The molecule has 0 saturated heterocycles. The van der Waals surface area contributed by atoms with E-state index in [4.69, 9.17) is 11.6 Å². The van der Waals surface area contributed by atoms with Crippen LogP contribution in [0.4, 0.5) is 14.5 Å². The Kier molecular flexibility index (Phi) is 6.79. The van der Waals surface area contributed by atoms with Crippen LogP contribution in [0.15, 0.2) is 41.3 Å². The van der Waals surface area contributed by atoms with Crippen molar-refractivity contribution in [1.82, 2.24) is 4.72 Å². The molecule has 1 saturated carbocycles. The lowest BCUT2D eigenvalue weighted by molar-refractivity contribution is 0.102. The number of nitrogens with one attached hydrogen (secondary N) is 2. The Morgan fingerprint density at radius 2 is 1.77 bits per heavy atom. The number of amides is 1. The fourth-order valence-corrected chi connectivity index (χ4v) is 5.20. The van der Waals surface area contributed by atoms with Crippen LogP contribution in [0.5, 0.6) is 0 Å². The van der Waals surface area contributed by atoms with E-state index in [1.54, 1.807) is 0 Å². The van der Waals surface area contributed by atoms with Crippen LogP contribution in [0.25, 0.3) is 0 Å². The number of benzene rings is 2. The normalized spacial score (nSPS) is 22.0. The summed E-state index contributed by atoms with van der Waals surface area (Å²) in [5, 5.41) is 2.19. The number of halogens is 3. The molecular weight excluding hydrogens is 434 g/mol. The van der Waals surface area contributed by atoms with Crippen molar-refractivity contribution < 1.29 is 22.0 Å². The van der Waals surface area contributed by atoms with Gasteiger partial charge >= 0.3 is 0 Å². The molecule has 3 rings (SSSR count). The monoisotopic (exact) mass is 456 g/mol. The Labute approximate surface area is 179 Å². The molecule has 5 nitrogen and oxygen atoms in total. The molecule has 0 aromatic heterocycles. The third-order valence-corrected chi connectivity index (χ3v) is 7.46. The molecule has 30 heavy (non-hydrogen) atoms. The second-order valence-corrected chi connectivity index (χ2v) is 9.84. The highest BCUT2D eigenvalue weighted by Crippen LogP contribution is 2.30. The second kappa shape index (κ2) is 8.99. The summed E-state index contributed by atoms with van der Waals surface area (Å²) < 4.78 is 55.9. The zero-order valence-corrected chi connectivity index (χ0v) is 18.2. The summed E-state index contributed by atoms with van der Waals surface area (Å²) in [5.41, 5.74) is -0.286. The molecule has 0 heterocycles. The molecule has 0 radical (unpaired) electrons. The van der Waals surface area contributed by atoms with Crippen molar-refractivity contribution in [2.24, 2.45) is 11.8 Å². The smallest absolute Gasteiger partial charge is 0.258 e. The maximum Gasteiger partial charge on any atom is 0.258 e. The Morgan fingerprint density at radius 3 is 2.47 bits per heavy atom. The fraction of sp³-hybridized carbons (Fsp3) is 0.381. The van der Waals surface area contributed by atoms with Crippen molar-refractivity contribution in [2.45, 2.75) is 44.0 Å². The number of anilines is 1. The average molecular weight is 457 g/mol. The molecule has 1 aliphatic rings. The highest BCUT2D eigenvalue weighted by atomic mass is 35.5. The molecule has 9 heteroatoms. The van der Waals surface area contributed by atoms with Gasteiger partial charge < -0.3 is 5.32 Å². The molecule has 3 atom stereocenters. The van der Waals surface area contributed by atoms with Gasteiger partial charge in [-0.25, -0.2) is 21.9 Å². The van der Waals surface area contributed by atoms with Gasteiger partial charge in [-0.1, -0.05) is 38.3 Å². The van der Waals surface area contributed by atoms with Crippen molar-refractivity contribution in [2.75, 3.05) is 5.32 Å². The second-order valence-electron chi connectivity index (χ2n) is 7.72. The van der Waals surface area contributed by atoms with Gasteiger partial charge in [0.1, 0.15) is 11.6 Å². The molecule has 0 aliphatic heterocycles. The van der Waals surface area contributed by atoms with Gasteiger partial charge in [0.05, 0.1) is 15.5 Å². The molecule has 1 amide bonds. The van der Waals surface area contributed by atoms with Gasteiger partial charge in [0.2, 0.25) is 10.0 Å². The molecule has 1 fully saturated rings. The number of sulfonamides is 1. The minimum Gasteiger partial charge on any atom is -0.322 e. The van der Waals surface area contributed by atoms with Crippen LogP contribution >= 0.6 is 11.6 Å². The molecule has 2 aromatic carbocycles. The van der Waals surface area contributed by atoms with Gasteiger partial charge in [-0.2, -0.15) is 0 Å². The van der Waals surface area contributed by atoms with E-state index in [0.717, 1.165) is 43.5 Å². The molecule has 0 bridgehead atoms. The van der Waals surface area contributed by atoms with Crippen LogP contribution in [0.3, 0.4) is 0 Å². The van der Waals surface area contributed by atoms with E-state index < -0.39 is 33.1 Å². The summed E-state index contributed by atoms with van der Waals surface area (Å²) in [6.07, 6.45) is 2.70. The molecule has 2 aromatic rings. The lowest BCUT2D eigenvalue weighted by atomic mass is 9.78. The highest BCUT2D eigenvalue weighted by molar-refractivity contribution is 7.89. The Bertz CT molecular complexity index is 1060. The van der Waals surface area contributed by atoms with Crippen LogP contribution in [0.2, 0.25) is 5.02 Å². The fourth-order valence-electron chi connectivity index (χ4n) is 3.63. The number of rotatable bonds is 5. The third-order valence-electron chi connectivity index (χ3n) is 5.68. The predicted molar refractivity (Wildman–Crippen MR) is 112 cm³/mol. The zero-order valence-electron chi connectivity index (χ0n) is 16.6. The minimum atomic E-state index is -3.94. The van der Waals surface area contributed by atoms with Crippen LogP contribution in [-0.2, 0) is 10.0 Å². The van der Waals surface area contributed by atoms with Gasteiger partial charge in [0, 0.05) is 11.7 Å². The molecule has 0 unspecified atom stereocenters. The van der Waals surface area contributed by atoms with E-state index in [9.17, 15) is 22.0 Å². The Morgan fingerprint density at radius 1 is 1.07 bits per heavy atom. The van der Waals surface area contributed by atoms with Crippen LogP contribution < -0.4 is 10.0 Å². The van der Waals surface area contributed by atoms with Gasteiger partial charge in [-0.15, -0.1) is 0 Å². The van der Waals surface area contributed by atoms with E-state index in [1.165, 1.54) is 12.1 Å². The summed E-state index contributed by atoms with van der Waals surface area (Å²) >= 11 is 5.69. The first kappa shape index (κ1) is 22.7. The van der Waals surface area contributed by atoms with Gasteiger partial charge in [-0.05, 0) is 54.7 Å². The molecule has 162 valence electrons. The summed E-state index contributed by atoms with van der Waals surface area (Å²) in [5.74, 6) is -1.85. The zero-order chi connectivity index (χ0) is 22.1. The van der Waals surface area contributed by atoms with Crippen molar-refractivity contribution in [3.05, 3.63) is 58.6 Å². The van der Waals surface area contributed by atoms with Crippen molar-refractivity contribution in [3.8, 4) is 0 Å². The first-order chi connectivity index (χ1) is 14.1. The largest absolute Gasteiger partial charge is 0.322 e. The molecule has 2 N–H and O–H groups in total. The first-order valence-electron chi connectivity index (χ1n) is 9.67. The molecular formula is C21H23ClF2N2O3S. The number of carbonyl (C=O) groups is 1. The van der Waals surface area contributed by atoms with Gasteiger partial charge in [-0.3, -0.25) is 4.79 Å². The lowest BCUT2D eigenvalue weighted by Gasteiger charge is -2.34. The maximum atomic E-state index is 14.3. The number of hydrogen-bond acceptors (Lipinski definition) is 3. The van der Waals surface area contributed by atoms with Crippen molar-refractivity contribution >= 4 is 33.2 Å². The topological polar surface area (TPSA) is 75.3 Å². The summed E-state index contributed by atoms with van der Waals surface area (Å²) in [4.78, 5) is 12.3. The average Bonchev–Trinajstić information content (AvgIpc) is 2.68. The van der Waals surface area contributed by atoms with E-state index in [-0.39, 0.29) is 27.6 Å². The van der Waals surface area contributed by atoms with E-state index in [0.29, 0.717) is 5.92 Å². The SMILES string of the molecule is C[C@H]1[C@H](C)CCC[C@@H]1NS(=O)(=O)c1ccc(F)c(C(=O)Nc2ccc(F)c(Cl)c2)c1. The van der Waals surface area contributed by atoms with Crippen LogP contribution in [0, 0.1) is 23.5 Å². The van der Waals surface area contributed by atoms with Crippen LogP contribution in [0.1, 0.15) is 43.5 Å². The Balaban J connectivity index is 1.83. The van der Waals surface area contributed by atoms with E-state index in [1.807, 2.05) is 6.92 Å². The predicted octanol–water partition coefficient (Wildman–Crippen LogP) is 4.97. The Hall–Kier alpha value is -2.03. The number of carbonyl (C=O) groups excluding carboxylic acids is 1. The van der Waals surface area contributed by atoms with E-state index in [2.05, 4.69) is 17.0 Å². The quantitative estimate of drug-likeness (QED) is 0.666. The van der Waals surface area contributed by atoms with E-state index >= 15 is 0 Å². The highest BCUT2D eigenvalue weighted by Gasteiger charge is 2.31. The molecule has 1 aliphatic carbocycles. The van der Waals surface area contributed by atoms with Crippen molar-refractivity contribution in [1.29, 1.82) is 0 Å². The van der Waals surface area contributed by atoms with Crippen molar-refractivity contribution in [3.63, 3.8) is 0 Å². The van der Waals surface area contributed by atoms with Gasteiger partial charge in [0.25, 0.3) is 5.91 Å². The van der Waals surface area contributed by atoms with Gasteiger partial charge in [0.15, 0.2) is 0 Å². The standard InChI is InChI=1S/C21H23ClF2N2O3S/c1-12-4-3-5-20(13(12)2)26-30(28,29)15-7-9-18(23)16(11-15)21(27)25-14-6-8-19(24)17(22)10-14/h6-13,20,26H,3-5H2,1-2H3,(H,25,27)/t12-,13+,20+/m1/s1. The summed E-state index contributed by atoms with van der Waals surface area (Å²) in [6.45, 7) is 4.10. The summed E-state index contributed by atoms with van der Waals surface area (Å²) in [6, 6.07) is 6.35.